The molecule has 13 heteroatoms. The van der Waals surface area contributed by atoms with Gasteiger partial charge in [0.1, 0.15) is 18.1 Å². The van der Waals surface area contributed by atoms with Gasteiger partial charge >= 0.3 is 11.9 Å². The fourth-order valence-corrected chi connectivity index (χ4v) is 2.16. The Morgan fingerprint density at radius 1 is 1.03 bits per heavy atom. The van der Waals surface area contributed by atoms with Gasteiger partial charge in [0, 0.05) is 18.3 Å². The minimum Gasteiger partial charge on any atom is -0.481 e. The number of hydrogen-bond donors (Lipinski definition) is 7. The molecule has 1 aromatic heterocycles. The normalized spacial score (nSPS) is 14.7. The first kappa shape index (κ1) is 23.6. The Morgan fingerprint density at radius 3 is 2.17 bits per heavy atom. The van der Waals surface area contributed by atoms with Gasteiger partial charge in [-0.3, -0.25) is 24.0 Å². The van der Waals surface area contributed by atoms with Crippen molar-refractivity contribution in [2.24, 2.45) is 5.73 Å². The lowest BCUT2D eigenvalue weighted by atomic mass is 10.1. The lowest BCUT2D eigenvalue weighted by molar-refractivity contribution is -0.141. The lowest BCUT2D eigenvalue weighted by Crippen LogP contribution is -2.56. The Hall–Kier alpha value is -3.48. The fourth-order valence-electron chi connectivity index (χ4n) is 2.16. The van der Waals surface area contributed by atoms with Gasteiger partial charge in [-0.1, -0.05) is 0 Å². The van der Waals surface area contributed by atoms with Crippen LogP contribution in [-0.2, 0) is 30.4 Å². The summed E-state index contributed by atoms with van der Waals surface area (Å²) in [5, 5.41) is 24.5. The number of nitrogens with zero attached hydrogens (tertiary/aromatic N) is 1. The highest BCUT2D eigenvalue weighted by Gasteiger charge is 2.28. The smallest absolute Gasteiger partial charge is 0.325 e. The summed E-state index contributed by atoms with van der Waals surface area (Å²) in [6.45, 7) is 2.59. The number of hydrogen-bond acceptors (Lipinski definition) is 7. The third kappa shape index (κ3) is 7.96. The molecule has 3 amide bonds. The molecular formula is C16H24N6O7. The van der Waals surface area contributed by atoms with Crippen molar-refractivity contribution in [1.29, 1.82) is 0 Å². The van der Waals surface area contributed by atoms with Gasteiger partial charge in [0.05, 0.1) is 18.8 Å². The predicted molar refractivity (Wildman–Crippen MR) is 97.3 cm³/mol. The monoisotopic (exact) mass is 412 g/mol. The third-order valence-corrected chi connectivity index (χ3v) is 3.82. The summed E-state index contributed by atoms with van der Waals surface area (Å²) in [6, 6.07) is -4.81. The second kappa shape index (κ2) is 10.8. The number of nitrogens with one attached hydrogen (secondary N) is 4. The molecule has 0 aliphatic rings. The Morgan fingerprint density at radius 2 is 1.66 bits per heavy atom. The molecule has 0 saturated carbocycles. The zero-order chi connectivity index (χ0) is 22.1. The SMILES string of the molecule is CC(NC(=O)C(Cc1cnc[nH]1)NC(=O)C(C)NC(=O)C(N)CC(=O)O)C(=O)O. The van der Waals surface area contributed by atoms with Crippen LogP contribution in [-0.4, -0.2) is 74.0 Å². The second-order valence-corrected chi connectivity index (χ2v) is 6.35. The van der Waals surface area contributed by atoms with Crippen molar-refractivity contribution in [1.82, 2.24) is 25.9 Å². The van der Waals surface area contributed by atoms with Crippen LogP contribution >= 0.6 is 0 Å². The maximum Gasteiger partial charge on any atom is 0.325 e. The second-order valence-electron chi connectivity index (χ2n) is 6.35. The number of aromatic amines is 1. The number of aliphatic carboxylic acids is 2. The summed E-state index contributed by atoms with van der Waals surface area (Å²) in [4.78, 5) is 64.8. The summed E-state index contributed by atoms with van der Waals surface area (Å²) in [7, 11) is 0. The average molecular weight is 412 g/mol. The first-order valence-electron chi connectivity index (χ1n) is 8.59. The number of aromatic nitrogens is 2. The number of H-pyrrole nitrogens is 1. The molecule has 29 heavy (non-hydrogen) atoms. The molecule has 0 aliphatic carbocycles. The summed E-state index contributed by atoms with van der Waals surface area (Å²) >= 11 is 0. The zero-order valence-corrected chi connectivity index (χ0v) is 15.8. The minimum absolute atomic E-state index is 0.0108. The van der Waals surface area contributed by atoms with Crippen LogP contribution in [0.1, 0.15) is 26.0 Å². The minimum atomic E-state index is -1.34. The van der Waals surface area contributed by atoms with Gasteiger partial charge in [0.25, 0.3) is 0 Å². The van der Waals surface area contributed by atoms with Gasteiger partial charge in [-0.2, -0.15) is 0 Å². The van der Waals surface area contributed by atoms with Crippen LogP contribution in [0.2, 0.25) is 0 Å². The van der Waals surface area contributed by atoms with Crippen LogP contribution in [0.3, 0.4) is 0 Å². The van der Waals surface area contributed by atoms with E-state index in [1.54, 1.807) is 0 Å². The van der Waals surface area contributed by atoms with Crippen LogP contribution in [0.4, 0.5) is 0 Å². The van der Waals surface area contributed by atoms with Crippen LogP contribution in [0.25, 0.3) is 0 Å². The van der Waals surface area contributed by atoms with Crippen molar-refractivity contribution in [2.45, 2.75) is 50.9 Å². The van der Waals surface area contributed by atoms with E-state index in [0.29, 0.717) is 5.69 Å². The highest BCUT2D eigenvalue weighted by Crippen LogP contribution is 2.01. The molecule has 13 nitrogen and oxygen atoms in total. The van der Waals surface area contributed by atoms with Gasteiger partial charge < -0.3 is 36.9 Å². The molecule has 8 N–H and O–H groups in total. The standard InChI is InChI=1S/C16H24N6O7/c1-7(20-14(26)10(17)4-12(23)24)13(25)22-11(3-9-5-18-6-19-9)15(27)21-8(2)16(28)29/h5-8,10-11H,3-4,17H2,1-2H3,(H,18,19)(H,20,26)(H,21,27)(H,22,25)(H,23,24)(H,28,29). The lowest BCUT2D eigenvalue weighted by Gasteiger charge is -2.22. The molecule has 1 rings (SSSR count). The van der Waals surface area contributed by atoms with Gasteiger partial charge in [-0.25, -0.2) is 4.98 Å². The van der Waals surface area contributed by atoms with E-state index in [2.05, 4.69) is 25.9 Å². The Kier molecular flexibility index (Phi) is 8.73. The van der Waals surface area contributed by atoms with Crippen LogP contribution in [0, 0.1) is 0 Å². The molecule has 0 aliphatic heterocycles. The largest absolute Gasteiger partial charge is 0.481 e. The summed E-state index contributed by atoms with van der Waals surface area (Å²) < 4.78 is 0. The van der Waals surface area contributed by atoms with Crippen molar-refractivity contribution >= 4 is 29.7 Å². The van der Waals surface area contributed by atoms with E-state index < -0.39 is 60.2 Å². The van der Waals surface area contributed by atoms with Crippen molar-refractivity contribution in [2.75, 3.05) is 0 Å². The maximum absolute atomic E-state index is 12.4. The molecule has 0 saturated heterocycles. The Balaban J connectivity index is 2.78. The molecule has 1 aromatic rings. The summed E-state index contributed by atoms with van der Waals surface area (Å²) in [5.74, 6) is -4.86. The van der Waals surface area contributed by atoms with E-state index in [-0.39, 0.29) is 6.42 Å². The molecule has 0 radical (unpaired) electrons. The zero-order valence-electron chi connectivity index (χ0n) is 15.8. The van der Waals surface area contributed by atoms with Crippen molar-refractivity contribution in [3.05, 3.63) is 18.2 Å². The first-order valence-corrected chi connectivity index (χ1v) is 8.59. The molecule has 160 valence electrons. The number of nitrogens with two attached hydrogens (primary N) is 1. The van der Waals surface area contributed by atoms with Gasteiger partial charge in [-0.15, -0.1) is 0 Å². The van der Waals surface area contributed by atoms with E-state index in [9.17, 15) is 24.0 Å². The number of imidazole rings is 1. The molecule has 0 spiro atoms. The molecular weight excluding hydrogens is 388 g/mol. The van der Waals surface area contributed by atoms with Gasteiger partial charge in [0.15, 0.2) is 0 Å². The van der Waals surface area contributed by atoms with E-state index >= 15 is 0 Å². The third-order valence-electron chi connectivity index (χ3n) is 3.82. The topological polar surface area (TPSA) is 217 Å². The summed E-state index contributed by atoms with van der Waals surface area (Å²) in [5.41, 5.74) is 5.94. The number of carboxylic acids is 2. The maximum atomic E-state index is 12.4. The summed E-state index contributed by atoms with van der Waals surface area (Å²) in [6.07, 6.45) is 2.18. The van der Waals surface area contributed by atoms with Crippen LogP contribution < -0.4 is 21.7 Å². The molecule has 0 fully saturated rings. The molecule has 0 bridgehead atoms. The van der Waals surface area contributed by atoms with Gasteiger partial charge in [-0.05, 0) is 13.8 Å². The highest BCUT2D eigenvalue weighted by atomic mass is 16.4. The molecule has 0 aromatic carbocycles. The number of carbonyl (C=O) groups is 5. The quantitative estimate of drug-likeness (QED) is 0.201. The van der Waals surface area contributed by atoms with E-state index in [4.69, 9.17) is 15.9 Å². The highest BCUT2D eigenvalue weighted by molar-refractivity contribution is 5.94. The van der Waals surface area contributed by atoms with E-state index in [1.165, 1.54) is 26.4 Å². The van der Waals surface area contributed by atoms with Crippen LogP contribution in [0.15, 0.2) is 12.5 Å². The average Bonchev–Trinajstić information content (AvgIpc) is 3.13. The Bertz CT molecular complexity index is 751. The molecule has 1 heterocycles. The van der Waals surface area contributed by atoms with Crippen molar-refractivity contribution in [3.63, 3.8) is 0 Å². The number of carbonyl (C=O) groups excluding carboxylic acids is 3. The first-order chi connectivity index (χ1) is 13.5. The van der Waals surface area contributed by atoms with E-state index in [1.807, 2.05) is 0 Å². The predicted octanol–water partition coefficient (Wildman–Crippen LogP) is -2.67. The molecule has 4 atom stereocenters. The van der Waals surface area contributed by atoms with Gasteiger partial charge in [0.2, 0.25) is 17.7 Å². The van der Waals surface area contributed by atoms with E-state index in [0.717, 1.165) is 0 Å². The number of carboxylic acid groups (broad SMARTS) is 2. The number of rotatable bonds is 11. The van der Waals surface area contributed by atoms with Crippen LogP contribution in [0.5, 0.6) is 0 Å². The fraction of sp³-hybridized carbons (Fsp3) is 0.500. The molecule has 4 unspecified atom stereocenters. The Labute approximate surface area is 165 Å². The number of amides is 3. The van der Waals surface area contributed by atoms with Crippen molar-refractivity contribution < 1.29 is 34.2 Å². The van der Waals surface area contributed by atoms with Crippen molar-refractivity contribution in [3.8, 4) is 0 Å².